The van der Waals surface area contributed by atoms with E-state index in [9.17, 15) is 14.4 Å². The highest BCUT2D eigenvalue weighted by molar-refractivity contribution is 6.35. The van der Waals surface area contributed by atoms with Crippen LogP contribution < -0.4 is 11.1 Å². The van der Waals surface area contributed by atoms with Gasteiger partial charge in [-0.05, 0) is 32.2 Å². The summed E-state index contributed by atoms with van der Waals surface area (Å²) in [7, 11) is 0. The first-order valence-electron chi connectivity index (χ1n) is 7.21. The van der Waals surface area contributed by atoms with E-state index in [0.29, 0.717) is 32.6 Å². The third-order valence-electron chi connectivity index (χ3n) is 3.90. The first-order valence-corrected chi connectivity index (χ1v) is 7.21. The third kappa shape index (κ3) is 3.27. The number of hydrogen-bond acceptors (Lipinski definition) is 4. The van der Waals surface area contributed by atoms with E-state index in [1.807, 2.05) is 0 Å². The third-order valence-corrected chi connectivity index (χ3v) is 3.90. The van der Waals surface area contributed by atoms with Crippen LogP contribution in [0.4, 0.5) is 0 Å². The summed E-state index contributed by atoms with van der Waals surface area (Å²) in [4.78, 5) is 38.9. The summed E-state index contributed by atoms with van der Waals surface area (Å²) in [5.41, 5.74) is 5.33. The van der Waals surface area contributed by atoms with E-state index in [-0.39, 0.29) is 0 Å². The molecule has 0 aliphatic carbocycles. The van der Waals surface area contributed by atoms with Crippen LogP contribution >= 0.6 is 0 Å². The van der Waals surface area contributed by atoms with Gasteiger partial charge in [0.05, 0.1) is 0 Å². The Labute approximate surface area is 118 Å². The zero-order valence-electron chi connectivity index (χ0n) is 11.6. The van der Waals surface area contributed by atoms with Gasteiger partial charge in [0.2, 0.25) is 5.91 Å². The molecular formula is C13H22N4O3. The van der Waals surface area contributed by atoms with Gasteiger partial charge >= 0.3 is 11.8 Å². The number of piperidine rings is 1. The standard InChI is InChI=1S/C13H22N4O3/c14-11(18)10-4-1-2-8-17(10)13(20)12(19)16-7-3-5-15-6-9-16/h10,15H,1-9H2,(H2,14,18). The highest BCUT2D eigenvalue weighted by Crippen LogP contribution is 2.17. The predicted molar refractivity (Wildman–Crippen MR) is 72.6 cm³/mol. The Bertz CT molecular complexity index is 391. The number of primary amides is 1. The SMILES string of the molecule is NC(=O)C1CCCCN1C(=O)C(=O)N1CCCNCC1. The molecule has 7 heteroatoms. The Hall–Kier alpha value is -1.63. The van der Waals surface area contributed by atoms with Gasteiger partial charge in [0.15, 0.2) is 0 Å². The fraction of sp³-hybridized carbons (Fsp3) is 0.769. The molecule has 1 atom stereocenters. The predicted octanol–water partition coefficient (Wildman–Crippen LogP) is -1.33. The molecule has 0 bridgehead atoms. The quantitative estimate of drug-likeness (QED) is 0.583. The zero-order chi connectivity index (χ0) is 14.5. The molecule has 0 radical (unpaired) electrons. The van der Waals surface area contributed by atoms with Crippen LogP contribution in [0.3, 0.4) is 0 Å². The Balaban J connectivity index is 2.04. The lowest BCUT2D eigenvalue weighted by Gasteiger charge is -2.34. The molecule has 0 aromatic heterocycles. The minimum Gasteiger partial charge on any atom is -0.368 e. The molecule has 20 heavy (non-hydrogen) atoms. The van der Waals surface area contributed by atoms with Crippen molar-refractivity contribution in [2.45, 2.75) is 31.7 Å². The summed E-state index contributed by atoms with van der Waals surface area (Å²) in [6.07, 6.45) is 3.05. The maximum Gasteiger partial charge on any atom is 0.312 e. The summed E-state index contributed by atoms with van der Waals surface area (Å²) in [5.74, 6) is -1.62. The van der Waals surface area contributed by atoms with E-state index < -0.39 is 23.8 Å². The Kier molecular flexibility index (Phi) is 4.94. The highest BCUT2D eigenvalue weighted by atomic mass is 16.2. The van der Waals surface area contributed by atoms with E-state index >= 15 is 0 Å². The van der Waals surface area contributed by atoms with Crippen LogP contribution in [-0.4, -0.2) is 66.3 Å². The van der Waals surface area contributed by atoms with Gasteiger partial charge in [0, 0.05) is 26.2 Å². The van der Waals surface area contributed by atoms with Crippen LogP contribution in [0, 0.1) is 0 Å². The summed E-state index contributed by atoms with van der Waals surface area (Å²) >= 11 is 0. The molecule has 3 amide bonds. The molecule has 2 saturated heterocycles. The highest BCUT2D eigenvalue weighted by Gasteiger charge is 2.35. The van der Waals surface area contributed by atoms with Crippen molar-refractivity contribution in [1.82, 2.24) is 15.1 Å². The lowest BCUT2D eigenvalue weighted by molar-refractivity contribution is -0.155. The largest absolute Gasteiger partial charge is 0.368 e. The normalized spacial score (nSPS) is 24.1. The first kappa shape index (κ1) is 14.8. The van der Waals surface area contributed by atoms with Crippen molar-refractivity contribution in [3.05, 3.63) is 0 Å². The van der Waals surface area contributed by atoms with E-state index in [0.717, 1.165) is 25.8 Å². The van der Waals surface area contributed by atoms with E-state index in [4.69, 9.17) is 5.73 Å². The number of nitrogens with one attached hydrogen (secondary N) is 1. The van der Waals surface area contributed by atoms with Crippen LogP contribution in [0.5, 0.6) is 0 Å². The smallest absolute Gasteiger partial charge is 0.312 e. The van der Waals surface area contributed by atoms with Gasteiger partial charge < -0.3 is 20.9 Å². The number of hydrogen-bond donors (Lipinski definition) is 2. The molecule has 2 aliphatic heterocycles. The Morgan fingerprint density at radius 2 is 1.75 bits per heavy atom. The summed E-state index contributed by atoms with van der Waals surface area (Å²) in [5, 5.41) is 3.18. The van der Waals surface area contributed by atoms with Gasteiger partial charge in [-0.25, -0.2) is 0 Å². The van der Waals surface area contributed by atoms with Crippen LogP contribution in [-0.2, 0) is 14.4 Å². The molecule has 7 nitrogen and oxygen atoms in total. The number of carbonyl (C=O) groups is 3. The Morgan fingerprint density at radius 1 is 0.950 bits per heavy atom. The number of nitrogens with zero attached hydrogens (tertiary/aromatic N) is 2. The molecule has 3 N–H and O–H groups in total. The second-order valence-corrected chi connectivity index (χ2v) is 5.31. The van der Waals surface area contributed by atoms with Gasteiger partial charge in [-0.15, -0.1) is 0 Å². The molecule has 0 saturated carbocycles. The van der Waals surface area contributed by atoms with Crippen LogP contribution in [0.25, 0.3) is 0 Å². The number of nitrogens with two attached hydrogens (primary N) is 1. The van der Waals surface area contributed by atoms with Crippen molar-refractivity contribution in [3.8, 4) is 0 Å². The van der Waals surface area contributed by atoms with Crippen LogP contribution in [0.2, 0.25) is 0 Å². The maximum absolute atomic E-state index is 12.3. The maximum atomic E-state index is 12.3. The van der Waals surface area contributed by atoms with Crippen LogP contribution in [0.1, 0.15) is 25.7 Å². The molecule has 0 aromatic rings. The number of rotatable bonds is 1. The molecule has 2 fully saturated rings. The molecule has 2 heterocycles. The number of likely N-dealkylation sites (tertiary alicyclic amines) is 1. The van der Waals surface area contributed by atoms with Crippen molar-refractivity contribution in [3.63, 3.8) is 0 Å². The zero-order valence-corrected chi connectivity index (χ0v) is 11.6. The Morgan fingerprint density at radius 3 is 2.50 bits per heavy atom. The minimum absolute atomic E-state index is 0.435. The van der Waals surface area contributed by atoms with Gasteiger partial charge in [0.1, 0.15) is 6.04 Å². The monoisotopic (exact) mass is 282 g/mol. The second kappa shape index (κ2) is 6.69. The fourth-order valence-electron chi connectivity index (χ4n) is 2.78. The second-order valence-electron chi connectivity index (χ2n) is 5.31. The summed E-state index contributed by atoms with van der Waals surface area (Å²) < 4.78 is 0. The minimum atomic E-state index is -0.634. The van der Waals surface area contributed by atoms with Crippen molar-refractivity contribution in [1.29, 1.82) is 0 Å². The summed E-state index contributed by atoms with van der Waals surface area (Å²) in [6, 6.07) is -0.634. The van der Waals surface area contributed by atoms with Gasteiger partial charge in [-0.3, -0.25) is 14.4 Å². The molecule has 2 rings (SSSR count). The lowest BCUT2D eigenvalue weighted by Crippen LogP contribution is -2.55. The van der Waals surface area contributed by atoms with Crippen LogP contribution in [0.15, 0.2) is 0 Å². The van der Waals surface area contributed by atoms with Gasteiger partial charge in [-0.2, -0.15) is 0 Å². The van der Waals surface area contributed by atoms with E-state index in [1.165, 1.54) is 4.90 Å². The average Bonchev–Trinajstić information content (AvgIpc) is 2.74. The molecule has 112 valence electrons. The first-order chi connectivity index (χ1) is 9.61. The molecule has 0 aromatic carbocycles. The molecule has 0 spiro atoms. The van der Waals surface area contributed by atoms with E-state index in [2.05, 4.69) is 5.32 Å². The molecule has 2 aliphatic rings. The van der Waals surface area contributed by atoms with Crippen molar-refractivity contribution >= 4 is 17.7 Å². The molecule has 1 unspecified atom stereocenters. The molecular weight excluding hydrogens is 260 g/mol. The van der Waals surface area contributed by atoms with Gasteiger partial charge in [-0.1, -0.05) is 0 Å². The topological polar surface area (TPSA) is 95.7 Å². The lowest BCUT2D eigenvalue weighted by atomic mass is 10.0. The number of carbonyl (C=O) groups excluding carboxylic acids is 3. The van der Waals surface area contributed by atoms with Crippen molar-refractivity contribution < 1.29 is 14.4 Å². The number of amides is 3. The van der Waals surface area contributed by atoms with Crippen molar-refractivity contribution in [2.75, 3.05) is 32.7 Å². The van der Waals surface area contributed by atoms with Gasteiger partial charge in [0.25, 0.3) is 0 Å². The summed E-state index contributed by atoms with van der Waals surface area (Å²) in [6.45, 7) is 3.08. The van der Waals surface area contributed by atoms with E-state index in [1.54, 1.807) is 4.90 Å². The average molecular weight is 282 g/mol. The van der Waals surface area contributed by atoms with Crippen molar-refractivity contribution in [2.24, 2.45) is 5.73 Å². The fourth-order valence-corrected chi connectivity index (χ4v) is 2.78.